The zero-order chi connectivity index (χ0) is 21.0. The number of methoxy groups -OCH3 is 1. The molecule has 29 heavy (non-hydrogen) atoms. The topological polar surface area (TPSA) is 103 Å². The first-order chi connectivity index (χ1) is 13.8. The maximum absolute atomic E-state index is 12.3. The number of amides is 1. The molecule has 0 saturated carbocycles. The van der Waals surface area contributed by atoms with Crippen molar-refractivity contribution in [2.45, 2.75) is 19.6 Å². The molecule has 3 rings (SSSR count). The Morgan fingerprint density at radius 2 is 1.48 bits per heavy atom. The van der Waals surface area contributed by atoms with E-state index in [-0.39, 0.29) is 11.5 Å². The van der Waals surface area contributed by atoms with Crippen molar-refractivity contribution >= 4 is 29.2 Å². The highest BCUT2D eigenvalue weighted by Crippen LogP contribution is 2.23. The Balaban J connectivity index is 1.63. The maximum atomic E-state index is 12.3. The van der Waals surface area contributed by atoms with Gasteiger partial charge >= 0.3 is 11.9 Å². The molecule has 2 aromatic rings. The van der Waals surface area contributed by atoms with Crippen molar-refractivity contribution < 1.29 is 28.6 Å². The Morgan fingerprint density at radius 3 is 2.03 bits per heavy atom. The molecule has 1 amide bonds. The van der Waals surface area contributed by atoms with Crippen molar-refractivity contribution in [1.82, 2.24) is 0 Å². The molecule has 1 aliphatic heterocycles. The number of anilines is 2. The van der Waals surface area contributed by atoms with Gasteiger partial charge in [0.15, 0.2) is 5.57 Å². The molecule has 0 atom stereocenters. The monoisotopic (exact) mass is 396 g/mol. The van der Waals surface area contributed by atoms with E-state index < -0.39 is 17.7 Å². The van der Waals surface area contributed by atoms with Crippen LogP contribution in [0.5, 0.6) is 5.75 Å². The minimum absolute atomic E-state index is 0.245. The summed E-state index contributed by atoms with van der Waals surface area (Å²) < 4.78 is 15.1. The van der Waals surface area contributed by atoms with E-state index in [0.29, 0.717) is 22.7 Å². The first-order valence-electron chi connectivity index (χ1n) is 8.76. The van der Waals surface area contributed by atoms with Crippen molar-refractivity contribution in [3.63, 3.8) is 0 Å². The highest BCUT2D eigenvalue weighted by atomic mass is 16.7. The molecule has 0 unspecified atom stereocenters. The van der Waals surface area contributed by atoms with Crippen LogP contribution in [0.1, 0.15) is 24.2 Å². The summed E-state index contributed by atoms with van der Waals surface area (Å²) >= 11 is 0. The summed E-state index contributed by atoms with van der Waals surface area (Å²) in [6, 6.07) is 13.5. The fourth-order valence-corrected chi connectivity index (χ4v) is 2.53. The van der Waals surface area contributed by atoms with E-state index in [1.807, 2.05) is 0 Å². The zero-order valence-electron chi connectivity index (χ0n) is 16.1. The summed E-state index contributed by atoms with van der Waals surface area (Å²) in [6.45, 7) is 2.95. The molecule has 0 aromatic heterocycles. The van der Waals surface area contributed by atoms with Gasteiger partial charge in [-0.05, 0) is 48.5 Å². The van der Waals surface area contributed by atoms with Gasteiger partial charge in [-0.25, -0.2) is 9.59 Å². The van der Waals surface area contributed by atoms with Gasteiger partial charge in [-0.15, -0.1) is 0 Å². The number of benzene rings is 2. The predicted octanol–water partition coefficient (Wildman–Crippen LogP) is 3.08. The molecule has 8 nitrogen and oxygen atoms in total. The lowest BCUT2D eigenvalue weighted by molar-refractivity contribution is -0.222. The van der Waals surface area contributed by atoms with Crippen LogP contribution in [-0.4, -0.2) is 30.7 Å². The minimum Gasteiger partial charge on any atom is -0.497 e. The smallest absolute Gasteiger partial charge is 0.350 e. The van der Waals surface area contributed by atoms with Gasteiger partial charge in [0.1, 0.15) is 5.75 Å². The summed E-state index contributed by atoms with van der Waals surface area (Å²) in [7, 11) is 1.57. The van der Waals surface area contributed by atoms with Gasteiger partial charge < -0.3 is 24.8 Å². The van der Waals surface area contributed by atoms with E-state index in [4.69, 9.17) is 14.2 Å². The Bertz CT molecular complexity index is 940. The number of hydrogen-bond acceptors (Lipinski definition) is 7. The first-order valence-corrected chi connectivity index (χ1v) is 8.76. The van der Waals surface area contributed by atoms with Crippen LogP contribution in [-0.2, 0) is 19.1 Å². The molecular weight excluding hydrogens is 376 g/mol. The van der Waals surface area contributed by atoms with Gasteiger partial charge in [0.05, 0.1) is 7.11 Å². The summed E-state index contributed by atoms with van der Waals surface area (Å²) in [5.74, 6) is -2.41. The number of nitrogens with one attached hydrogen (secondary N) is 2. The van der Waals surface area contributed by atoms with Crippen LogP contribution in [0.4, 0.5) is 11.4 Å². The molecule has 1 heterocycles. The van der Waals surface area contributed by atoms with Crippen LogP contribution in [0.2, 0.25) is 0 Å². The Kier molecular flexibility index (Phi) is 5.54. The normalized spacial score (nSPS) is 15.1. The average molecular weight is 396 g/mol. The van der Waals surface area contributed by atoms with Crippen molar-refractivity contribution in [1.29, 1.82) is 0 Å². The third-order valence-electron chi connectivity index (χ3n) is 3.99. The molecule has 0 aliphatic carbocycles. The molecule has 0 radical (unpaired) electrons. The molecule has 0 bridgehead atoms. The number of ether oxygens (including phenoxy) is 3. The molecular formula is C21H20N2O6. The van der Waals surface area contributed by atoms with Crippen LogP contribution in [0, 0.1) is 0 Å². The molecule has 150 valence electrons. The largest absolute Gasteiger partial charge is 0.497 e. The van der Waals surface area contributed by atoms with E-state index in [9.17, 15) is 14.4 Å². The number of esters is 2. The lowest BCUT2D eigenvalue weighted by Crippen LogP contribution is -2.42. The van der Waals surface area contributed by atoms with Crippen LogP contribution in [0.15, 0.2) is 60.3 Å². The average Bonchev–Trinajstić information content (AvgIpc) is 2.67. The van der Waals surface area contributed by atoms with E-state index in [1.54, 1.807) is 55.6 Å². The number of rotatable bonds is 5. The Morgan fingerprint density at radius 1 is 0.931 bits per heavy atom. The third-order valence-corrected chi connectivity index (χ3v) is 3.99. The fourth-order valence-electron chi connectivity index (χ4n) is 2.53. The number of carbonyl (C=O) groups is 3. The van der Waals surface area contributed by atoms with Gasteiger partial charge in [-0.1, -0.05) is 0 Å². The summed E-state index contributed by atoms with van der Waals surface area (Å²) in [5.41, 5.74) is 1.41. The molecule has 2 N–H and O–H groups in total. The van der Waals surface area contributed by atoms with Crippen molar-refractivity contribution in [2.75, 3.05) is 17.7 Å². The summed E-state index contributed by atoms with van der Waals surface area (Å²) in [4.78, 5) is 36.1. The van der Waals surface area contributed by atoms with Crippen LogP contribution < -0.4 is 15.4 Å². The van der Waals surface area contributed by atoms with Crippen LogP contribution in [0.3, 0.4) is 0 Å². The van der Waals surface area contributed by atoms with Gasteiger partial charge in [0.25, 0.3) is 11.7 Å². The van der Waals surface area contributed by atoms with E-state index in [0.717, 1.165) is 0 Å². The highest BCUT2D eigenvalue weighted by molar-refractivity contribution is 6.15. The molecule has 1 aliphatic rings. The lowest BCUT2D eigenvalue weighted by atomic mass is 10.2. The predicted molar refractivity (Wildman–Crippen MR) is 105 cm³/mol. The van der Waals surface area contributed by atoms with E-state index in [2.05, 4.69) is 10.6 Å². The molecule has 1 saturated heterocycles. The molecule has 2 aromatic carbocycles. The van der Waals surface area contributed by atoms with E-state index in [1.165, 1.54) is 20.0 Å². The van der Waals surface area contributed by atoms with Crippen LogP contribution >= 0.6 is 0 Å². The molecule has 0 spiro atoms. The van der Waals surface area contributed by atoms with Gasteiger partial charge in [0.2, 0.25) is 0 Å². The number of cyclic esters (lactones) is 2. The van der Waals surface area contributed by atoms with Crippen molar-refractivity contribution in [2.24, 2.45) is 0 Å². The lowest BCUT2D eigenvalue weighted by Gasteiger charge is -2.29. The number of carbonyl (C=O) groups excluding carboxylic acids is 3. The minimum atomic E-state index is -1.29. The Labute approximate surface area is 167 Å². The van der Waals surface area contributed by atoms with Crippen molar-refractivity contribution in [3.8, 4) is 5.75 Å². The van der Waals surface area contributed by atoms with Gasteiger partial charge in [-0.2, -0.15) is 0 Å². The summed E-state index contributed by atoms with van der Waals surface area (Å²) in [6.07, 6.45) is 1.21. The highest BCUT2D eigenvalue weighted by Gasteiger charge is 2.38. The SMILES string of the molecule is COc1ccc(NC(=O)c2ccc(NC=C3C(=O)OC(C)(C)OC3=O)cc2)cc1. The van der Waals surface area contributed by atoms with E-state index >= 15 is 0 Å². The van der Waals surface area contributed by atoms with Crippen LogP contribution in [0.25, 0.3) is 0 Å². The fraction of sp³-hybridized carbons (Fsp3) is 0.190. The molecule has 8 heteroatoms. The second-order valence-electron chi connectivity index (χ2n) is 6.64. The van der Waals surface area contributed by atoms with Gasteiger partial charge in [0, 0.05) is 37.0 Å². The summed E-state index contributed by atoms with van der Waals surface area (Å²) in [5, 5.41) is 5.60. The van der Waals surface area contributed by atoms with Gasteiger partial charge in [-0.3, -0.25) is 4.79 Å². The van der Waals surface area contributed by atoms with Crippen molar-refractivity contribution in [3.05, 3.63) is 65.9 Å². The quantitative estimate of drug-likeness (QED) is 0.455. The first kappa shape index (κ1) is 19.9. The maximum Gasteiger partial charge on any atom is 0.350 e. The zero-order valence-corrected chi connectivity index (χ0v) is 16.1. The standard InChI is InChI=1S/C21H20N2O6/c1-21(2)28-19(25)17(20(26)29-21)12-22-14-6-4-13(5-7-14)18(24)23-15-8-10-16(27-3)11-9-15/h4-12,22H,1-3H3,(H,23,24). The Hall–Kier alpha value is -3.81. The third kappa shape index (κ3) is 4.92. The number of hydrogen-bond donors (Lipinski definition) is 2. The second-order valence-corrected chi connectivity index (χ2v) is 6.64. The molecule has 1 fully saturated rings. The second kappa shape index (κ2) is 8.05.